The minimum absolute atomic E-state index is 0.0599. The van der Waals surface area contributed by atoms with E-state index in [1.165, 1.54) is 24.0 Å². The highest BCUT2D eigenvalue weighted by Crippen LogP contribution is 2.39. The lowest BCUT2D eigenvalue weighted by molar-refractivity contribution is 0.171. The Morgan fingerprint density at radius 2 is 1.73 bits per heavy atom. The first kappa shape index (κ1) is 19.9. The van der Waals surface area contributed by atoms with Crippen molar-refractivity contribution in [2.45, 2.75) is 22.9 Å². The molecule has 4 aromatic rings. The van der Waals surface area contributed by atoms with Crippen LogP contribution in [-0.2, 0) is 22.8 Å². The average Bonchev–Trinajstić information content (AvgIpc) is 3.54. The molecule has 0 unspecified atom stereocenters. The number of rotatable bonds is 4. The molecule has 2 aliphatic heterocycles. The number of anilines is 1. The Morgan fingerprint density at radius 3 is 2.55 bits per heavy atom. The van der Waals surface area contributed by atoms with Gasteiger partial charge in [-0.2, -0.15) is 4.98 Å². The highest BCUT2D eigenvalue weighted by Gasteiger charge is 2.34. The van der Waals surface area contributed by atoms with Gasteiger partial charge in [-0.3, -0.25) is 0 Å². The second-order valence-electron chi connectivity index (χ2n) is 7.86. The molecule has 0 fully saturated rings. The predicted molar refractivity (Wildman–Crippen MR) is 118 cm³/mol. The van der Waals surface area contributed by atoms with Crippen LogP contribution in [0.1, 0.15) is 11.1 Å². The van der Waals surface area contributed by atoms with Crippen LogP contribution < -0.4 is 14.4 Å². The van der Waals surface area contributed by atoms with Crippen molar-refractivity contribution in [3.05, 3.63) is 72.0 Å². The zero-order valence-electron chi connectivity index (χ0n) is 17.6. The highest BCUT2D eigenvalue weighted by molar-refractivity contribution is 7.91. The lowest BCUT2D eigenvalue weighted by Crippen LogP contribution is -2.31. The first-order chi connectivity index (χ1) is 16.1. The minimum Gasteiger partial charge on any atom is -0.486 e. The van der Waals surface area contributed by atoms with Crippen LogP contribution in [0, 0.1) is 0 Å². The number of sulfone groups is 1. The third-order valence-electron chi connectivity index (χ3n) is 5.81. The van der Waals surface area contributed by atoms with Crippen molar-refractivity contribution < 1.29 is 26.7 Å². The van der Waals surface area contributed by atoms with Crippen LogP contribution in [0.25, 0.3) is 11.7 Å². The summed E-state index contributed by atoms with van der Waals surface area (Å²) in [4.78, 5) is 6.35. The summed E-state index contributed by atoms with van der Waals surface area (Å²) in [5.74, 6) is 1.59. The van der Waals surface area contributed by atoms with Crippen LogP contribution in [0.15, 0.2) is 79.6 Å². The fraction of sp³-hybridized carbons (Fsp3) is 0.208. The Kier molecular flexibility index (Phi) is 4.65. The molecule has 8 nitrogen and oxygen atoms in total. The zero-order valence-corrected chi connectivity index (χ0v) is 18.4. The van der Waals surface area contributed by atoms with E-state index in [-0.39, 0.29) is 21.7 Å². The van der Waals surface area contributed by atoms with Crippen LogP contribution in [-0.4, -0.2) is 33.2 Å². The summed E-state index contributed by atoms with van der Waals surface area (Å²) >= 11 is 0. The van der Waals surface area contributed by atoms with E-state index >= 15 is 0 Å². The Labute approximate surface area is 190 Å². The molecule has 0 bridgehead atoms. The second-order valence-corrected chi connectivity index (χ2v) is 9.72. The van der Waals surface area contributed by atoms with Gasteiger partial charge in [0.1, 0.15) is 13.2 Å². The first-order valence-corrected chi connectivity index (χ1v) is 12.1. The maximum absolute atomic E-state index is 13.7. The molecular formula is C24H20N2O6S. The zero-order chi connectivity index (χ0) is 22.4. The fourth-order valence-corrected chi connectivity index (χ4v) is 5.49. The monoisotopic (exact) mass is 464 g/mol. The molecule has 2 aliphatic rings. The number of ether oxygens (including phenoxy) is 2. The molecule has 6 rings (SSSR count). The number of hydrogen-bond acceptors (Lipinski definition) is 8. The molecule has 0 saturated carbocycles. The van der Waals surface area contributed by atoms with Crippen LogP contribution in [0.4, 0.5) is 5.88 Å². The van der Waals surface area contributed by atoms with Crippen molar-refractivity contribution in [2.75, 3.05) is 24.7 Å². The molecule has 0 atom stereocenters. The summed E-state index contributed by atoms with van der Waals surface area (Å²) in [7, 11) is -4.02. The largest absolute Gasteiger partial charge is 0.486 e. The molecule has 0 saturated heterocycles. The van der Waals surface area contributed by atoms with Crippen molar-refractivity contribution in [3.8, 4) is 23.1 Å². The number of benzene rings is 2. The summed E-state index contributed by atoms with van der Waals surface area (Å²) in [6.07, 6.45) is 2.27. The summed E-state index contributed by atoms with van der Waals surface area (Å²) in [5, 5.41) is -0.148. The summed E-state index contributed by atoms with van der Waals surface area (Å²) in [6.45, 7) is 1.91. The average molecular weight is 464 g/mol. The van der Waals surface area contributed by atoms with Gasteiger partial charge in [0.05, 0.1) is 11.2 Å². The maximum atomic E-state index is 13.7. The quantitative estimate of drug-likeness (QED) is 0.446. The Balaban J connectivity index is 1.46. The van der Waals surface area contributed by atoms with Crippen molar-refractivity contribution in [1.82, 2.24) is 4.98 Å². The number of fused-ring (bicyclic) bond motifs is 2. The van der Waals surface area contributed by atoms with Crippen LogP contribution in [0.2, 0.25) is 0 Å². The van der Waals surface area contributed by atoms with Gasteiger partial charge in [0, 0.05) is 19.2 Å². The first-order valence-electron chi connectivity index (χ1n) is 10.6. The number of nitrogens with zero attached hydrogens (tertiary/aromatic N) is 2. The van der Waals surface area contributed by atoms with Gasteiger partial charge in [-0.15, -0.1) is 0 Å². The molecule has 4 heterocycles. The van der Waals surface area contributed by atoms with E-state index in [1.54, 1.807) is 18.2 Å². The fourth-order valence-electron chi connectivity index (χ4n) is 4.15. The molecule has 0 aliphatic carbocycles. The van der Waals surface area contributed by atoms with Gasteiger partial charge in [-0.05, 0) is 41.8 Å². The van der Waals surface area contributed by atoms with Crippen LogP contribution >= 0.6 is 0 Å². The topological polar surface area (TPSA) is 95.0 Å². The van der Waals surface area contributed by atoms with Gasteiger partial charge < -0.3 is 23.2 Å². The number of aromatic nitrogens is 1. The van der Waals surface area contributed by atoms with Crippen molar-refractivity contribution in [2.24, 2.45) is 0 Å². The molecule has 0 radical (unpaired) electrons. The van der Waals surface area contributed by atoms with Gasteiger partial charge in [0.25, 0.3) is 5.89 Å². The Morgan fingerprint density at radius 1 is 0.909 bits per heavy atom. The van der Waals surface area contributed by atoms with E-state index in [9.17, 15) is 8.42 Å². The van der Waals surface area contributed by atoms with Crippen molar-refractivity contribution in [3.63, 3.8) is 0 Å². The molecule has 0 spiro atoms. The normalized spacial score (nSPS) is 15.3. The number of furan rings is 1. The van der Waals surface area contributed by atoms with Gasteiger partial charge in [-0.1, -0.05) is 24.3 Å². The van der Waals surface area contributed by atoms with Crippen molar-refractivity contribution >= 4 is 15.7 Å². The van der Waals surface area contributed by atoms with Crippen LogP contribution in [0.5, 0.6) is 11.5 Å². The lowest BCUT2D eigenvalue weighted by atomic mass is 10.0. The molecule has 33 heavy (non-hydrogen) atoms. The summed E-state index contributed by atoms with van der Waals surface area (Å²) in [5.41, 5.74) is 2.37. The van der Waals surface area contributed by atoms with E-state index < -0.39 is 9.84 Å². The van der Waals surface area contributed by atoms with Gasteiger partial charge >= 0.3 is 0 Å². The van der Waals surface area contributed by atoms with E-state index in [0.29, 0.717) is 43.6 Å². The smallest absolute Gasteiger partial charge is 0.266 e. The summed E-state index contributed by atoms with van der Waals surface area (Å²) < 4.78 is 50.0. The van der Waals surface area contributed by atoms with Crippen molar-refractivity contribution in [1.29, 1.82) is 0 Å². The molecular weight excluding hydrogens is 444 g/mol. The van der Waals surface area contributed by atoms with E-state index in [0.717, 1.165) is 12.0 Å². The van der Waals surface area contributed by atoms with Crippen LogP contribution in [0.3, 0.4) is 0 Å². The minimum atomic E-state index is -4.02. The molecule has 9 heteroatoms. The Bertz CT molecular complexity index is 1430. The second kappa shape index (κ2) is 7.70. The lowest BCUT2D eigenvalue weighted by Gasteiger charge is -2.28. The SMILES string of the molecule is O=S(=O)(c1ccc2c(c1)OCCO2)c1nc(-c2ccco2)oc1N1CCc2ccccc2C1. The third-order valence-corrected chi connectivity index (χ3v) is 7.46. The number of hydrogen-bond donors (Lipinski definition) is 0. The number of oxazole rings is 1. The Hall–Kier alpha value is -3.72. The predicted octanol–water partition coefficient (Wildman–Crippen LogP) is 4.10. The molecule has 0 amide bonds. The highest BCUT2D eigenvalue weighted by atomic mass is 32.2. The molecule has 0 N–H and O–H groups in total. The van der Waals surface area contributed by atoms with E-state index in [2.05, 4.69) is 11.1 Å². The van der Waals surface area contributed by atoms with Gasteiger partial charge in [0.15, 0.2) is 17.3 Å². The van der Waals surface area contributed by atoms with E-state index in [4.69, 9.17) is 18.3 Å². The molecule has 2 aromatic carbocycles. The standard InChI is InChI=1S/C24H20N2O6S/c27-33(28,18-7-8-19-21(14-18)31-13-12-30-19)23-24(32-22(25-23)20-6-3-11-29-20)26-10-9-16-4-1-2-5-17(16)15-26/h1-8,11,14H,9-10,12-13,15H2. The van der Waals surface area contributed by atoms with E-state index in [1.807, 2.05) is 23.1 Å². The third kappa shape index (κ3) is 3.45. The molecule has 2 aromatic heterocycles. The summed E-state index contributed by atoms with van der Waals surface area (Å²) in [6, 6.07) is 16.1. The maximum Gasteiger partial charge on any atom is 0.266 e. The molecule has 168 valence electrons. The van der Waals surface area contributed by atoms with Gasteiger partial charge in [-0.25, -0.2) is 8.42 Å². The van der Waals surface area contributed by atoms with Gasteiger partial charge in [0.2, 0.25) is 20.7 Å².